The molecule has 0 fully saturated rings. The van der Waals surface area contributed by atoms with E-state index in [1.807, 2.05) is 6.92 Å². The van der Waals surface area contributed by atoms with Crippen molar-refractivity contribution < 1.29 is 0 Å². The molecule has 0 bridgehead atoms. The van der Waals surface area contributed by atoms with Crippen LogP contribution in [0, 0.1) is 6.92 Å². The minimum Gasteiger partial charge on any atom is -0.268 e. The molecule has 0 atom stereocenters. The summed E-state index contributed by atoms with van der Waals surface area (Å²) in [4.78, 5) is 16.2. The minimum absolute atomic E-state index is 0.0414. The fourth-order valence-corrected chi connectivity index (χ4v) is 2.52. The Morgan fingerprint density at radius 2 is 2.06 bits per heavy atom. The van der Waals surface area contributed by atoms with Gasteiger partial charge in [0.2, 0.25) is 0 Å². The van der Waals surface area contributed by atoms with Crippen molar-refractivity contribution in [1.82, 2.24) is 14.8 Å². The summed E-state index contributed by atoms with van der Waals surface area (Å²) in [5.74, 6) is 0. The van der Waals surface area contributed by atoms with E-state index < -0.39 is 0 Å². The second kappa shape index (κ2) is 4.65. The standard InChI is InChI=1S/C13H17N3OS/c1-9-5-6-12(17)16(15-9)7-11-14-10(8-18-11)13(2,3)4/h5-6,8H,7H2,1-4H3. The Labute approximate surface area is 110 Å². The van der Waals surface area contributed by atoms with Crippen molar-refractivity contribution in [2.45, 2.75) is 39.7 Å². The summed E-state index contributed by atoms with van der Waals surface area (Å²) in [7, 11) is 0. The molecule has 4 nitrogen and oxygen atoms in total. The van der Waals surface area contributed by atoms with E-state index in [0.717, 1.165) is 16.4 Å². The highest BCUT2D eigenvalue weighted by molar-refractivity contribution is 7.09. The van der Waals surface area contributed by atoms with Gasteiger partial charge in [-0.15, -0.1) is 11.3 Å². The van der Waals surface area contributed by atoms with Crippen LogP contribution in [0.3, 0.4) is 0 Å². The third kappa shape index (κ3) is 2.85. The predicted molar refractivity (Wildman–Crippen MR) is 73.2 cm³/mol. The van der Waals surface area contributed by atoms with Crippen molar-refractivity contribution in [1.29, 1.82) is 0 Å². The maximum Gasteiger partial charge on any atom is 0.267 e. The normalized spacial score (nSPS) is 11.8. The van der Waals surface area contributed by atoms with E-state index in [1.165, 1.54) is 4.68 Å². The smallest absolute Gasteiger partial charge is 0.267 e. The monoisotopic (exact) mass is 263 g/mol. The van der Waals surface area contributed by atoms with E-state index in [4.69, 9.17) is 0 Å². The first kappa shape index (κ1) is 13.0. The summed E-state index contributed by atoms with van der Waals surface area (Å²) >= 11 is 1.57. The Morgan fingerprint density at radius 3 is 2.67 bits per heavy atom. The zero-order chi connectivity index (χ0) is 13.3. The zero-order valence-electron chi connectivity index (χ0n) is 11.1. The van der Waals surface area contributed by atoms with E-state index in [-0.39, 0.29) is 11.0 Å². The lowest BCUT2D eigenvalue weighted by Crippen LogP contribution is -2.23. The fourth-order valence-electron chi connectivity index (χ4n) is 1.52. The summed E-state index contributed by atoms with van der Waals surface area (Å²) < 4.78 is 1.46. The van der Waals surface area contributed by atoms with E-state index in [2.05, 4.69) is 36.2 Å². The summed E-state index contributed by atoms with van der Waals surface area (Å²) in [6, 6.07) is 3.27. The van der Waals surface area contributed by atoms with Gasteiger partial charge in [0.15, 0.2) is 0 Å². The Bertz CT molecular complexity index is 607. The predicted octanol–water partition coefficient (Wildman–Crippen LogP) is 2.35. The minimum atomic E-state index is -0.0897. The Morgan fingerprint density at radius 1 is 1.33 bits per heavy atom. The van der Waals surface area contributed by atoms with Crippen LogP contribution in [-0.4, -0.2) is 14.8 Å². The molecule has 0 aliphatic heterocycles. The highest BCUT2D eigenvalue weighted by Gasteiger charge is 2.17. The van der Waals surface area contributed by atoms with Gasteiger partial charge in [0, 0.05) is 16.9 Å². The molecule has 0 aliphatic carbocycles. The third-order valence-electron chi connectivity index (χ3n) is 2.61. The maximum absolute atomic E-state index is 11.7. The highest BCUT2D eigenvalue weighted by Crippen LogP contribution is 2.23. The molecule has 5 heteroatoms. The number of thiazole rings is 1. The molecular weight excluding hydrogens is 246 g/mol. The van der Waals surface area contributed by atoms with Crippen LogP contribution in [0.1, 0.15) is 37.2 Å². The first-order valence-corrected chi connectivity index (χ1v) is 6.74. The van der Waals surface area contributed by atoms with Gasteiger partial charge >= 0.3 is 0 Å². The number of nitrogens with zero attached hydrogens (tertiary/aromatic N) is 3. The van der Waals surface area contributed by atoms with E-state index in [9.17, 15) is 4.79 Å². The van der Waals surface area contributed by atoms with Crippen LogP contribution in [0.15, 0.2) is 22.3 Å². The van der Waals surface area contributed by atoms with Gasteiger partial charge in [-0.05, 0) is 13.0 Å². The van der Waals surface area contributed by atoms with E-state index in [0.29, 0.717) is 6.54 Å². The average molecular weight is 263 g/mol. The van der Waals surface area contributed by atoms with Gasteiger partial charge in [-0.2, -0.15) is 5.10 Å². The van der Waals surface area contributed by atoms with Crippen LogP contribution in [0.4, 0.5) is 0 Å². The largest absolute Gasteiger partial charge is 0.268 e. The molecule has 0 saturated heterocycles. The second-order valence-electron chi connectivity index (χ2n) is 5.35. The molecule has 0 radical (unpaired) electrons. The van der Waals surface area contributed by atoms with Crippen molar-refractivity contribution in [2.75, 3.05) is 0 Å². The molecule has 2 heterocycles. The van der Waals surface area contributed by atoms with Crippen LogP contribution < -0.4 is 5.56 Å². The average Bonchev–Trinajstić information content (AvgIpc) is 2.71. The molecule has 2 rings (SSSR count). The van der Waals surface area contributed by atoms with Crippen molar-refractivity contribution in [3.8, 4) is 0 Å². The first-order chi connectivity index (χ1) is 8.36. The van der Waals surface area contributed by atoms with Crippen LogP contribution in [0.2, 0.25) is 0 Å². The summed E-state index contributed by atoms with van der Waals surface area (Å²) in [6.45, 7) is 8.70. The van der Waals surface area contributed by atoms with E-state index >= 15 is 0 Å². The molecule has 0 N–H and O–H groups in total. The van der Waals surface area contributed by atoms with Gasteiger partial charge in [0.25, 0.3) is 5.56 Å². The fraction of sp³-hybridized carbons (Fsp3) is 0.462. The molecule has 0 unspecified atom stereocenters. The Hall–Kier alpha value is -1.49. The second-order valence-corrected chi connectivity index (χ2v) is 6.29. The van der Waals surface area contributed by atoms with Crippen LogP contribution in [-0.2, 0) is 12.0 Å². The molecule has 2 aromatic rings. The topological polar surface area (TPSA) is 47.8 Å². The van der Waals surface area contributed by atoms with Crippen molar-refractivity contribution in [3.05, 3.63) is 44.3 Å². The maximum atomic E-state index is 11.7. The van der Waals surface area contributed by atoms with Gasteiger partial charge in [-0.1, -0.05) is 20.8 Å². The van der Waals surface area contributed by atoms with Gasteiger partial charge in [-0.25, -0.2) is 9.67 Å². The lowest BCUT2D eigenvalue weighted by molar-refractivity contribution is 0.565. The number of aromatic nitrogens is 3. The van der Waals surface area contributed by atoms with Gasteiger partial charge in [0.05, 0.1) is 17.9 Å². The molecule has 96 valence electrons. The molecule has 0 spiro atoms. The van der Waals surface area contributed by atoms with Crippen molar-refractivity contribution in [2.24, 2.45) is 0 Å². The zero-order valence-corrected chi connectivity index (χ0v) is 11.9. The molecule has 18 heavy (non-hydrogen) atoms. The summed E-state index contributed by atoms with van der Waals surface area (Å²) in [5, 5.41) is 7.18. The van der Waals surface area contributed by atoms with Crippen molar-refractivity contribution in [3.63, 3.8) is 0 Å². The number of hydrogen-bond donors (Lipinski definition) is 0. The summed E-state index contributed by atoms with van der Waals surface area (Å²) in [5.41, 5.74) is 1.85. The molecular formula is C13H17N3OS. The number of aryl methyl sites for hydroxylation is 1. The van der Waals surface area contributed by atoms with Gasteiger partial charge in [-0.3, -0.25) is 4.79 Å². The molecule has 0 saturated carbocycles. The molecule has 0 aromatic carbocycles. The first-order valence-electron chi connectivity index (χ1n) is 5.86. The van der Waals surface area contributed by atoms with Crippen LogP contribution >= 0.6 is 11.3 Å². The number of hydrogen-bond acceptors (Lipinski definition) is 4. The lowest BCUT2D eigenvalue weighted by atomic mass is 9.93. The number of rotatable bonds is 2. The Kier molecular flexibility index (Phi) is 3.34. The van der Waals surface area contributed by atoms with E-state index in [1.54, 1.807) is 23.5 Å². The van der Waals surface area contributed by atoms with Crippen LogP contribution in [0.25, 0.3) is 0 Å². The van der Waals surface area contributed by atoms with Gasteiger partial charge in [0.1, 0.15) is 5.01 Å². The SMILES string of the molecule is Cc1ccc(=O)n(Cc2nc(C(C)(C)C)cs2)n1. The quantitative estimate of drug-likeness (QED) is 0.835. The molecule has 0 aliphatic rings. The molecule has 2 aromatic heterocycles. The van der Waals surface area contributed by atoms with Crippen LogP contribution in [0.5, 0.6) is 0 Å². The Balaban J connectivity index is 2.27. The molecule has 0 amide bonds. The van der Waals surface area contributed by atoms with Crippen molar-refractivity contribution >= 4 is 11.3 Å². The summed E-state index contributed by atoms with van der Waals surface area (Å²) in [6.07, 6.45) is 0. The lowest BCUT2D eigenvalue weighted by Gasteiger charge is -2.14. The third-order valence-corrected chi connectivity index (χ3v) is 3.44. The highest BCUT2D eigenvalue weighted by atomic mass is 32.1. The van der Waals surface area contributed by atoms with Gasteiger partial charge < -0.3 is 0 Å².